The van der Waals surface area contributed by atoms with Gasteiger partial charge < -0.3 is 14.6 Å². The Labute approximate surface area is 159 Å². The van der Waals surface area contributed by atoms with Gasteiger partial charge >= 0.3 is 0 Å². The molecule has 1 aromatic carbocycles. The molecular formula is C22H27NO4. The van der Waals surface area contributed by atoms with Crippen LogP contribution < -0.4 is 9.64 Å². The van der Waals surface area contributed by atoms with E-state index >= 15 is 0 Å². The average Bonchev–Trinajstić information content (AvgIpc) is 3.38. The number of hydrogen-bond acceptors (Lipinski definition) is 4. The van der Waals surface area contributed by atoms with Gasteiger partial charge in [-0.15, -0.1) is 0 Å². The SMILES string of the molecule is COc1ccc(N2C(=O)C3C4CC5C(OC2(C2CCCCC2)C53)C4O)cc1. The molecule has 3 aliphatic carbocycles. The first-order chi connectivity index (χ1) is 13.2. The fourth-order valence-electron chi connectivity index (χ4n) is 7.33. The highest BCUT2D eigenvalue weighted by Crippen LogP contribution is 2.70. The van der Waals surface area contributed by atoms with E-state index in [0.29, 0.717) is 11.8 Å². The number of fused-ring (bicyclic) bond motifs is 2. The average molecular weight is 369 g/mol. The number of aliphatic hydroxyl groups excluding tert-OH is 1. The molecule has 1 N–H and O–H groups in total. The Balaban J connectivity index is 1.49. The number of ether oxygens (including phenoxy) is 2. The fraction of sp³-hybridized carbons (Fsp3) is 0.682. The van der Waals surface area contributed by atoms with E-state index < -0.39 is 11.8 Å². The van der Waals surface area contributed by atoms with Gasteiger partial charge in [0, 0.05) is 17.5 Å². The number of amides is 1. The third-order valence-corrected chi connectivity index (χ3v) is 8.23. The monoisotopic (exact) mass is 369 g/mol. The summed E-state index contributed by atoms with van der Waals surface area (Å²) in [6, 6.07) is 7.82. The lowest BCUT2D eigenvalue weighted by molar-refractivity contribution is -0.140. The maximum absolute atomic E-state index is 13.7. The van der Waals surface area contributed by atoms with Crippen LogP contribution in [0.5, 0.6) is 5.75 Å². The zero-order valence-corrected chi connectivity index (χ0v) is 15.7. The maximum atomic E-state index is 13.7. The van der Waals surface area contributed by atoms with Crippen LogP contribution in [0.15, 0.2) is 24.3 Å². The zero-order valence-electron chi connectivity index (χ0n) is 15.7. The van der Waals surface area contributed by atoms with Gasteiger partial charge in [-0.3, -0.25) is 9.69 Å². The first kappa shape index (κ1) is 16.4. The molecule has 5 aliphatic rings. The first-order valence-electron chi connectivity index (χ1n) is 10.5. The molecule has 0 radical (unpaired) electrons. The van der Waals surface area contributed by atoms with Crippen molar-refractivity contribution in [2.24, 2.45) is 29.6 Å². The largest absolute Gasteiger partial charge is 0.497 e. The highest BCUT2D eigenvalue weighted by Gasteiger charge is 2.79. The third kappa shape index (κ3) is 1.85. The molecular weight excluding hydrogens is 342 g/mol. The van der Waals surface area contributed by atoms with Crippen molar-refractivity contribution in [3.8, 4) is 5.75 Å². The fourth-order valence-corrected chi connectivity index (χ4v) is 7.33. The molecule has 27 heavy (non-hydrogen) atoms. The molecule has 3 saturated carbocycles. The summed E-state index contributed by atoms with van der Waals surface area (Å²) in [6.07, 6.45) is 6.31. The molecule has 7 unspecified atom stereocenters. The van der Waals surface area contributed by atoms with Crippen LogP contribution in [-0.2, 0) is 9.53 Å². The lowest BCUT2D eigenvalue weighted by atomic mass is 9.70. The molecule has 2 aliphatic heterocycles. The highest BCUT2D eigenvalue weighted by atomic mass is 16.6. The van der Waals surface area contributed by atoms with Crippen molar-refractivity contribution in [2.45, 2.75) is 56.5 Å². The van der Waals surface area contributed by atoms with Crippen molar-refractivity contribution in [3.63, 3.8) is 0 Å². The van der Waals surface area contributed by atoms with E-state index in [2.05, 4.69) is 0 Å². The van der Waals surface area contributed by atoms with E-state index in [4.69, 9.17) is 9.47 Å². The van der Waals surface area contributed by atoms with Crippen LogP contribution in [-0.4, -0.2) is 36.1 Å². The Morgan fingerprint density at radius 3 is 2.59 bits per heavy atom. The van der Waals surface area contributed by atoms with Gasteiger partial charge in [0.05, 0.1) is 25.2 Å². The smallest absolute Gasteiger partial charge is 0.233 e. The predicted molar refractivity (Wildman–Crippen MR) is 99.2 cm³/mol. The summed E-state index contributed by atoms with van der Waals surface area (Å²) < 4.78 is 12.1. The summed E-state index contributed by atoms with van der Waals surface area (Å²) in [5.74, 6) is 1.90. The minimum atomic E-state index is -0.557. The van der Waals surface area contributed by atoms with Crippen LogP contribution >= 0.6 is 0 Å². The van der Waals surface area contributed by atoms with Crippen molar-refractivity contribution in [3.05, 3.63) is 24.3 Å². The lowest BCUT2D eigenvalue weighted by Gasteiger charge is -2.45. The molecule has 1 amide bonds. The van der Waals surface area contributed by atoms with Crippen LogP contribution in [0, 0.1) is 29.6 Å². The van der Waals surface area contributed by atoms with E-state index in [1.165, 1.54) is 19.3 Å². The summed E-state index contributed by atoms with van der Waals surface area (Å²) in [5.41, 5.74) is 0.355. The van der Waals surface area contributed by atoms with Crippen molar-refractivity contribution < 1.29 is 19.4 Å². The molecule has 2 bridgehead atoms. The standard InChI is InChI=1S/C22H27NO4/c1-26-14-9-7-13(8-10-14)23-21(25)17-15-11-16-18(17)22(23,27-20(16)19(15)24)12-5-3-2-4-6-12/h7-10,12,15-20,24H,2-6,11H2,1H3. The molecule has 144 valence electrons. The number of benzene rings is 1. The Kier molecular flexibility index (Phi) is 3.32. The third-order valence-electron chi connectivity index (χ3n) is 8.23. The van der Waals surface area contributed by atoms with Gasteiger partial charge in [-0.2, -0.15) is 0 Å². The number of hydrogen-bond donors (Lipinski definition) is 1. The zero-order chi connectivity index (χ0) is 18.3. The van der Waals surface area contributed by atoms with Gasteiger partial charge in [0.1, 0.15) is 5.75 Å². The van der Waals surface area contributed by atoms with Gasteiger partial charge in [0.15, 0.2) is 5.72 Å². The van der Waals surface area contributed by atoms with Crippen LogP contribution in [0.3, 0.4) is 0 Å². The van der Waals surface area contributed by atoms with Crippen LogP contribution in [0.2, 0.25) is 0 Å². The van der Waals surface area contributed by atoms with Crippen LogP contribution in [0.1, 0.15) is 38.5 Å². The Hall–Kier alpha value is -1.59. The Morgan fingerprint density at radius 1 is 1.15 bits per heavy atom. The quantitative estimate of drug-likeness (QED) is 0.890. The van der Waals surface area contributed by atoms with Gasteiger partial charge in [-0.1, -0.05) is 19.3 Å². The number of nitrogens with zero attached hydrogens (tertiary/aromatic N) is 1. The van der Waals surface area contributed by atoms with E-state index in [1.54, 1.807) is 7.11 Å². The molecule has 5 nitrogen and oxygen atoms in total. The van der Waals surface area contributed by atoms with Crippen molar-refractivity contribution >= 4 is 11.6 Å². The summed E-state index contributed by atoms with van der Waals surface area (Å²) in [7, 11) is 1.66. The molecule has 5 heteroatoms. The minimum absolute atomic E-state index is 0.0752. The van der Waals surface area contributed by atoms with Crippen LogP contribution in [0.4, 0.5) is 5.69 Å². The lowest BCUT2D eigenvalue weighted by Crippen LogP contribution is -2.56. The maximum Gasteiger partial charge on any atom is 0.233 e. The second-order valence-corrected chi connectivity index (χ2v) is 9.15. The molecule has 0 spiro atoms. The van der Waals surface area contributed by atoms with E-state index in [9.17, 15) is 9.90 Å². The predicted octanol–water partition coefficient (Wildman–Crippen LogP) is 2.96. The van der Waals surface area contributed by atoms with E-state index in [0.717, 1.165) is 30.7 Å². The number of carbonyl (C=O) groups is 1. The Morgan fingerprint density at radius 2 is 1.89 bits per heavy atom. The van der Waals surface area contributed by atoms with Crippen molar-refractivity contribution in [1.29, 1.82) is 0 Å². The second kappa shape index (κ2) is 5.48. The molecule has 0 aromatic heterocycles. The summed E-state index contributed by atoms with van der Waals surface area (Å²) in [5, 5.41) is 10.8. The number of rotatable bonds is 3. The van der Waals surface area contributed by atoms with Gasteiger partial charge in [0.25, 0.3) is 0 Å². The normalized spacial score (nSPS) is 45.1. The molecule has 6 rings (SSSR count). The molecule has 7 atom stereocenters. The molecule has 1 aromatic rings. The van der Waals surface area contributed by atoms with E-state index in [1.807, 2.05) is 29.2 Å². The van der Waals surface area contributed by atoms with Gasteiger partial charge in [0.2, 0.25) is 5.91 Å². The summed E-state index contributed by atoms with van der Waals surface area (Å²) in [4.78, 5) is 15.7. The molecule has 2 saturated heterocycles. The van der Waals surface area contributed by atoms with Gasteiger partial charge in [-0.25, -0.2) is 0 Å². The summed E-state index contributed by atoms with van der Waals surface area (Å²) >= 11 is 0. The second-order valence-electron chi connectivity index (χ2n) is 9.15. The highest BCUT2D eigenvalue weighted by molar-refractivity contribution is 6.00. The number of methoxy groups -OCH3 is 1. The number of aliphatic hydroxyl groups is 1. The van der Waals surface area contributed by atoms with Gasteiger partial charge in [-0.05, 0) is 55.4 Å². The molecule has 2 heterocycles. The number of anilines is 1. The van der Waals surface area contributed by atoms with Crippen molar-refractivity contribution in [2.75, 3.05) is 12.0 Å². The molecule has 5 fully saturated rings. The van der Waals surface area contributed by atoms with Crippen LogP contribution in [0.25, 0.3) is 0 Å². The first-order valence-corrected chi connectivity index (χ1v) is 10.5. The number of carbonyl (C=O) groups excluding carboxylic acids is 1. The van der Waals surface area contributed by atoms with Crippen molar-refractivity contribution in [1.82, 2.24) is 0 Å². The topological polar surface area (TPSA) is 59.0 Å². The van der Waals surface area contributed by atoms with E-state index in [-0.39, 0.29) is 29.8 Å². The summed E-state index contributed by atoms with van der Waals surface area (Å²) in [6.45, 7) is 0. The minimum Gasteiger partial charge on any atom is -0.497 e. The Bertz CT molecular complexity index is 773.